The van der Waals surface area contributed by atoms with E-state index in [0.29, 0.717) is 13.0 Å². The van der Waals surface area contributed by atoms with E-state index in [0.717, 1.165) is 18.2 Å². The average Bonchev–Trinajstić information content (AvgIpc) is 2.01. The molecule has 4 heteroatoms. The van der Waals surface area contributed by atoms with Gasteiger partial charge in [-0.3, -0.25) is 4.79 Å². The van der Waals surface area contributed by atoms with Crippen LogP contribution in [0.25, 0.3) is 0 Å². The SMILES string of the molecule is [1H]N(C)C(CCCCN([2H])C)C(N)=O. The number of amides is 1. The first-order valence-electron chi connectivity index (χ1n) is 5.05. The van der Waals surface area contributed by atoms with E-state index in [9.17, 15) is 4.79 Å². The molecule has 0 fully saturated rings. The van der Waals surface area contributed by atoms with Crippen LogP contribution in [0.2, 0.25) is 2.82 Å². The second kappa shape index (κ2) is 7.06. The Kier molecular flexibility index (Phi) is 4.71. The zero-order chi connectivity index (χ0) is 11.1. The summed E-state index contributed by atoms with van der Waals surface area (Å²) in [6, 6.07) is -0.508. The summed E-state index contributed by atoms with van der Waals surface area (Å²) in [7, 11) is 3.20. The first kappa shape index (κ1) is 8.01. The van der Waals surface area contributed by atoms with Crippen LogP contribution in [0.1, 0.15) is 19.3 Å². The Bertz CT molecular complexity index is 176. The average molecular weight is 174 g/mol. The van der Waals surface area contributed by atoms with Gasteiger partial charge in [-0.25, -0.2) is 0 Å². The zero-order valence-corrected chi connectivity index (χ0v) is 7.79. The van der Waals surface area contributed by atoms with Gasteiger partial charge >= 0.3 is 0 Å². The predicted molar refractivity (Wildman–Crippen MR) is 49.8 cm³/mol. The Morgan fingerprint density at radius 3 is 2.83 bits per heavy atom. The van der Waals surface area contributed by atoms with Gasteiger partial charge in [0.25, 0.3) is 0 Å². The van der Waals surface area contributed by atoms with Gasteiger partial charge in [-0.2, -0.15) is 0 Å². The number of carbonyl (C=O) groups excluding carboxylic acids is 1. The summed E-state index contributed by atoms with van der Waals surface area (Å²) in [4.78, 5) is 10.9. The second-order valence-corrected chi connectivity index (χ2v) is 2.71. The van der Waals surface area contributed by atoms with Gasteiger partial charge in [-0.1, -0.05) is 6.42 Å². The normalized spacial score (nSPS) is 16.0. The van der Waals surface area contributed by atoms with Gasteiger partial charge in [0.05, 0.1) is 6.04 Å². The molecule has 0 saturated carbocycles. The number of hydrogen-bond acceptors (Lipinski definition) is 3. The summed E-state index contributed by atoms with van der Waals surface area (Å²) in [6.07, 6.45) is 2.24. The van der Waals surface area contributed by atoms with Gasteiger partial charge in [0.2, 0.25) is 5.91 Å². The highest BCUT2D eigenvalue weighted by Gasteiger charge is 2.10. The van der Waals surface area contributed by atoms with Crippen LogP contribution < -0.4 is 16.4 Å². The van der Waals surface area contributed by atoms with Crippen molar-refractivity contribution in [2.24, 2.45) is 5.73 Å². The minimum atomic E-state index is -0.508. The number of hydrogen-bond donors (Lipinski definition) is 3. The van der Waals surface area contributed by atoms with E-state index in [2.05, 4.69) is 0 Å². The molecule has 12 heavy (non-hydrogen) atoms. The molecule has 0 aliphatic rings. The van der Waals surface area contributed by atoms with Crippen molar-refractivity contribution in [3.05, 3.63) is 0 Å². The van der Waals surface area contributed by atoms with Crippen molar-refractivity contribution in [3.8, 4) is 0 Å². The maximum Gasteiger partial charge on any atom is 0.234 e. The topological polar surface area (TPSA) is 67.2 Å². The van der Waals surface area contributed by atoms with E-state index < -0.39 is 11.9 Å². The van der Waals surface area contributed by atoms with Gasteiger partial charge in [0, 0.05) is 0 Å². The summed E-state index contributed by atoms with van der Waals surface area (Å²) in [5.74, 6) is -0.457. The minimum Gasteiger partial charge on any atom is -0.368 e. The number of rotatable bonds is 7. The molecule has 1 amide bonds. The van der Waals surface area contributed by atoms with Gasteiger partial charge in [-0.15, -0.1) is 0 Å². The van der Waals surface area contributed by atoms with Crippen molar-refractivity contribution in [2.45, 2.75) is 25.3 Å². The standard InChI is InChI=1S/C8H19N3O/c1-10-6-4-3-5-7(11-2)8(9)12/h7,10-11H,3-6H2,1-2H3,(H2,9,12)/i/hDH. The van der Waals surface area contributed by atoms with Gasteiger partial charge in [0.1, 0.15) is 2.82 Å². The highest BCUT2D eigenvalue weighted by molar-refractivity contribution is 5.79. The summed E-state index contributed by atoms with van der Waals surface area (Å²) in [5, 5.41) is 2.44. The fraction of sp³-hybridized carbons (Fsp3) is 0.875. The van der Waals surface area contributed by atoms with Crippen LogP contribution in [0, 0.1) is 0 Å². The van der Waals surface area contributed by atoms with Crippen molar-refractivity contribution >= 4 is 5.91 Å². The Morgan fingerprint density at radius 2 is 2.42 bits per heavy atom. The van der Waals surface area contributed by atoms with Gasteiger partial charge < -0.3 is 16.4 Å². The lowest BCUT2D eigenvalue weighted by Crippen LogP contribution is -2.39. The van der Waals surface area contributed by atoms with Crippen molar-refractivity contribution in [2.75, 3.05) is 20.6 Å². The number of likely N-dealkylation sites (N-methyl/N-ethyl adjacent to an activating group) is 1. The van der Waals surface area contributed by atoms with Crippen molar-refractivity contribution in [1.29, 1.82) is 0 Å². The van der Waals surface area contributed by atoms with Crippen LogP contribution in [-0.4, -0.2) is 32.6 Å². The molecular weight excluding hydrogens is 154 g/mol. The molecule has 0 aromatic carbocycles. The third kappa shape index (κ3) is 5.09. The van der Waals surface area contributed by atoms with E-state index in [1.165, 1.54) is 12.4 Å². The zero-order valence-electron chi connectivity index (χ0n) is 9.79. The summed E-state index contributed by atoms with van der Waals surface area (Å²) >= 11 is 0. The fourth-order valence-corrected chi connectivity index (χ4v) is 1.01. The van der Waals surface area contributed by atoms with Gasteiger partial charge in [0.15, 0.2) is 0 Å². The molecule has 0 aromatic heterocycles. The predicted octanol–water partition coefficient (Wildman–Crippen LogP) is -0.551. The molecule has 0 aliphatic heterocycles. The Morgan fingerprint density at radius 1 is 1.75 bits per heavy atom. The highest BCUT2D eigenvalue weighted by atomic mass is 16.1. The molecule has 0 heterocycles. The Balaban J connectivity index is 3.67. The quantitative estimate of drug-likeness (QED) is 0.454. The molecule has 0 aliphatic carbocycles. The van der Waals surface area contributed by atoms with E-state index in [4.69, 9.17) is 8.56 Å². The van der Waals surface area contributed by atoms with Crippen molar-refractivity contribution in [1.82, 2.24) is 10.6 Å². The second-order valence-electron chi connectivity index (χ2n) is 2.71. The lowest BCUT2D eigenvalue weighted by atomic mass is 10.1. The molecule has 72 valence electrons. The van der Waals surface area contributed by atoms with Crippen LogP contribution in [0.3, 0.4) is 0 Å². The Labute approximate surface area is 76.8 Å². The third-order valence-electron chi connectivity index (χ3n) is 1.75. The van der Waals surface area contributed by atoms with E-state index in [-0.39, 0.29) is 0 Å². The molecule has 1 atom stereocenters. The van der Waals surface area contributed by atoms with Crippen LogP contribution in [0.5, 0.6) is 0 Å². The first-order valence-corrected chi connectivity index (χ1v) is 4.16. The molecular formula is C8H19N3O. The summed E-state index contributed by atoms with van der Waals surface area (Å²) in [5.41, 5.74) is 5.13. The third-order valence-corrected chi connectivity index (χ3v) is 1.75. The lowest BCUT2D eigenvalue weighted by molar-refractivity contribution is -0.120. The number of nitrogens with one attached hydrogen (secondary N) is 2. The maximum absolute atomic E-state index is 10.9. The van der Waals surface area contributed by atoms with Crippen LogP contribution in [-0.2, 0) is 4.79 Å². The molecule has 0 radical (unpaired) electrons. The molecule has 4 N–H and O–H groups in total. The minimum absolute atomic E-state index is 0.457. The fourth-order valence-electron chi connectivity index (χ4n) is 1.01. The molecule has 0 bridgehead atoms. The highest BCUT2D eigenvalue weighted by Crippen LogP contribution is 1.98. The smallest absolute Gasteiger partial charge is 0.234 e. The maximum atomic E-state index is 10.9. The number of unbranched alkanes of at least 4 members (excludes halogenated alkanes) is 1. The lowest BCUT2D eigenvalue weighted by Gasteiger charge is -2.11. The number of nitrogens with two attached hydrogens (primary N) is 1. The van der Waals surface area contributed by atoms with Crippen LogP contribution in [0.4, 0.5) is 0 Å². The van der Waals surface area contributed by atoms with Crippen LogP contribution >= 0.6 is 0 Å². The molecule has 0 aromatic rings. The van der Waals surface area contributed by atoms with E-state index in [1.807, 2.05) is 0 Å². The molecule has 0 spiro atoms. The molecule has 0 rings (SSSR count). The first-order chi connectivity index (χ1) is 6.45. The molecule has 4 nitrogen and oxygen atoms in total. The van der Waals surface area contributed by atoms with E-state index in [1.54, 1.807) is 7.05 Å². The summed E-state index contributed by atoms with van der Waals surface area (Å²) in [6.45, 7) is 0.674. The van der Waals surface area contributed by atoms with Crippen molar-refractivity contribution < 1.29 is 7.62 Å². The number of primary amides is 1. The molecule has 1 unspecified atom stereocenters. The summed E-state index contributed by atoms with van der Waals surface area (Å²) < 4.78 is 14.4. The number of carbonyl (C=O) groups is 1. The van der Waals surface area contributed by atoms with Crippen LogP contribution in [0.15, 0.2) is 0 Å². The van der Waals surface area contributed by atoms with E-state index >= 15 is 0 Å². The monoisotopic (exact) mass is 174 g/mol. The Hall–Kier alpha value is -0.610. The molecule has 0 saturated heterocycles. The van der Waals surface area contributed by atoms with Crippen molar-refractivity contribution in [3.63, 3.8) is 0 Å². The largest absolute Gasteiger partial charge is 0.368 e. The van der Waals surface area contributed by atoms with Gasteiger partial charge in [-0.05, 0) is 33.5 Å².